The van der Waals surface area contributed by atoms with Crippen molar-refractivity contribution in [2.75, 3.05) is 11.9 Å². The summed E-state index contributed by atoms with van der Waals surface area (Å²) in [6, 6.07) is 8.34. The Kier molecular flexibility index (Phi) is 4.42. The fourth-order valence-corrected chi connectivity index (χ4v) is 1.93. The number of halogens is 3. The first-order chi connectivity index (χ1) is 9.91. The zero-order valence-corrected chi connectivity index (χ0v) is 11.4. The number of anilines is 1. The molecule has 0 spiro atoms. The molecule has 2 rings (SSSR count). The van der Waals surface area contributed by atoms with Crippen LogP contribution in [0.2, 0.25) is 0 Å². The van der Waals surface area contributed by atoms with Gasteiger partial charge < -0.3 is 10.6 Å². The molecule has 1 heterocycles. The van der Waals surface area contributed by atoms with Gasteiger partial charge in [0.15, 0.2) is 0 Å². The number of rotatable bonds is 4. The molecule has 2 aromatic rings. The quantitative estimate of drug-likeness (QED) is 0.942. The lowest BCUT2D eigenvalue weighted by atomic mass is 10.1. The SMILES string of the molecule is CN(Cc1ccccc1CN)c1nccc(C(F)(F)F)n1. The largest absolute Gasteiger partial charge is 0.433 e. The fourth-order valence-electron chi connectivity index (χ4n) is 1.93. The Morgan fingerprint density at radius 3 is 2.43 bits per heavy atom. The molecule has 1 aromatic heterocycles. The Labute approximate surface area is 120 Å². The van der Waals surface area contributed by atoms with E-state index in [1.165, 1.54) is 0 Å². The summed E-state index contributed by atoms with van der Waals surface area (Å²) in [7, 11) is 1.64. The Hall–Kier alpha value is -2.15. The van der Waals surface area contributed by atoms with Crippen LogP contribution in [0.25, 0.3) is 0 Å². The van der Waals surface area contributed by atoms with Crippen molar-refractivity contribution < 1.29 is 13.2 Å². The summed E-state index contributed by atoms with van der Waals surface area (Å²) in [6.45, 7) is 0.752. The zero-order valence-electron chi connectivity index (χ0n) is 11.4. The number of hydrogen-bond donors (Lipinski definition) is 1. The van der Waals surface area contributed by atoms with Crippen LogP contribution in [0.3, 0.4) is 0 Å². The maximum atomic E-state index is 12.7. The Morgan fingerprint density at radius 2 is 1.81 bits per heavy atom. The van der Waals surface area contributed by atoms with Gasteiger partial charge in [0.05, 0.1) is 0 Å². The Morgan fingerprint density at radius 1 is 1.14 bits per heavy atom. The maximum Gasteiger partial charge on any atom is 0.433 e. The van der Waals surface area contributed by atoms with Crippen molar-refractivity contribution >= 4 is 5.95 Å². The first-order valence-corrected chi connectivity index (χ1v) is 6.30. The van der Waals surface area contributed by atoms with Gasteiger partial charge in [0.2, 0.25) is 5.95 Å². The van der Waals surface area contributed by atoms with Crippen molar-refractivity contribution in [1.82, 2.24) is 9.97 Å². The van der Waals surface area contributed by atoms with Crippen molar-refractivity contribution in [3.8, 4) is 0 Å². The lowest BCUT2D eigenvalue weighted by Crippen LogP contribution is -2.22. The molecule has 4 nitrogen and oxygen atoms in total. The minimum absolute atomic E-state index is 0.0247. The zero-order chi connectivity index (χ0) is 15.5. The molecule has 1 aromatic carbocycles. The molecule has 112 valence electrons. The molecule has 0 fully saturated rings. The summed E-state index contributed by atoms with van der Waals surface area (Å²) in [5.74, 6) is 0.0247. The number of aromatic nitrogens is 2. The molecule has 0 aliphatic heterocycles. The highest BCUT2D eigenvalue weighted by Crippen LogP contribution is 2.28. The van der Waals surface area contributed by atoms with E-state index in [4.69, 9.17) is 5.73 Å². The van der Waals surface area contributed by atoms with Crippen LogP contribution in [0.4, 0.5) is 19.1 Å². The van der Waals surface area contributed by atoms with Crippen molar-refractivity contribution in [2.45, 2.75) is 19.3 Å². The van der Waals surface area contributed by atoms with Crippen LogP contribution in [0.15, 0.2) is 36.5 Å². The van der Waals surface area contributed by atoms with Gasteiger partial charge in [-0.1, -0.05) is 24.3 Å². The van der Waals surface area contributed by atoms with Crippen LogP contribution in [0.5, 0.6) is 0 Å². The smallest absolute Gasteiger partial charge is 0.340 e. The molecule has 0 saturated heterocycles. The highest BCUT2D eigenvalue weighted by Gasteiger charge is 2.33. The Bertz CT molecular complexity index is 613. The third-order valence-electron chi connectivity index (χ3n) is 3.02. The predicted molar refractivity (Wildman–Crippen MR) is 73.5 cm³/mol. The molecule has 0 amide bonds. The van der Waals surface area contributed by atoms with Gasteiger partial charge in [-0.05, 0) is 17.2 Å². The van der Waals surface area contributed by atoms with Gasteiger partial charge in [0.1, 0.15) is 5.69 Å². The van der Waals surface area contributed by atoms with Gasteiger partial charge in [-0.25, -0.2) is 9.97 Å². The van der Waals surface area contributed by atoms with Crippen LogP contribution in [0, 0.1) is 0 Å². The third-order valence-corrected chi connectivity index (χ3v) is 3.02. The van der Waals surface area contributed by atoms with Gasteiger partial charge in [-0.15, -0.1) is 0 Å². The second kappa shape index (κ2) is 6.09. The predicted octanol–water partition coefficient (Wildman–Crippen LogP) is 2.59. The number of alkyl halides is 3. The van der Waals surface area contributed by atoms with Crippen LogP contribution < -0.4 is 10.6 Å². The molecule has 0 bridgehead atoms. The van der Waals surface area contributed by atoms with Crippen LogP contribution in [-0.2, 0) is 19.3 Å². The lowest BCUT2D eigenvalue weighted by Gasteiger charge is -2.19. The summed E-state index contributed by atoms with van der Waals surface area (Å²) in [5, 5.41) is 0. The summed E-state index contributed by atoms with van der Waals surface area (Å²) in [4.78, 5) is 9.00. The molecule has 21 heavy (non-hydrogen) atoms. The van der Waals surface area contributed by atoms with Gasteiger partial charge in [0, 0.05) is 26.3 Å². The van der Waals surface area contributed by atoms with E-state index in [-0.39, 0.29) is 5.95 Å². The number of benzene rings is 1. The van der Waals surface area contributed by atoms with Crippen LogP contribution >= 0.6 is 0 Å². The van der Waals surface area contributed by atoms with E-state index in [1.807, 2.05) is 24.3 Å². The summed E-state index contributed by atoms with van der Waals surface area (Å²) >= 11 is 0. The second-order valence-electron chi connectivity index (χ2n) is 4.57. The topological polar surface area (TPSA) is 55.0 Å². The highest BCUT2D eigenvalue weighted by molar-refractivity contribution is 5.35. The summed E-state index contributed by atoms with van der Waals surface area (Å²) in [5.41, 5.74) is 6.57. The van der Waals surface area contributed by atoms with Gasteiger partial charge in [0.25, 0.3) is 0 Å². The molecule has 0 saturated carbocycles. The normalized spacial score (nSPS) is 11.5. The molecular formula is C14H15F3N4. The third kappa shape index (κ3) is 3.69. The number of nitrogens with zero attached hydrogens (tertiary/aromatic N) is 3. The van der Waals surface area contributed by atoms with Crippen molar-refractivity contribution in [1.29, 1.82) is 0 Å². The highest BCUT2D eigenvalue weighted by atomic mass is 19.4. The molecule has 0 aliphatic rings. The molecule has 0 atom stereocenters. The molecule has 0 aliphatic carbocycles. The minimum Gasteiger partial charge on any atom is -0.340 e. The first-order valence-electron chi connectivity index (χ1n) is 6.30. The number of hydrogen-bond acceptors (Lipinski definition) is 4. The van der Waals surface area contributed by atoms with Gasteiger partial charge in [-0.3, -0.25) is 0 Å². The van der Waals surface area contributed by atoms with E-state index < -0.39 is 11.9 Å². The lowest BCUT2D eigenvalue weighted by molar-refractivity contribution is -0.141. The maximum absolute atomic E-state index is 12.7. The van der Waals surface area contributed by atoms with Gasteiger partial charge >= 0.3 is 6.18 Å². The van der Waals surface area contributed by atoms with Crippen LogP contribution in [0.1, 0.15) is 16.8 Å². The van der Waals surface area contributed by atoms with E-state index in [0.29, 0.717) is 13.1 Å². The van der Waals surface area contributed by atoms with E-state index in [0.717, 1.165) is 23.4 Å². The summed E-state index contributed by atoms with van der Waals surface area (Å²) in [6.07, 6.45) is -3.37. The molecule has 0 unspecified atom stereocenters. The number of nitrogens with two attached hydrogens (primary N) is 1. The van der Waals surface area contributed by atoms with E-state index in [2.05, 4.69) is 9.97 Å². The van der Waals surface area contributed by atoms with E-state index >= 15 is 0 Å². The molecular weight excluding hydrogens is 281 g/mol. The molecule has 2 N–H and O–H groups in total. The van der Waals surface area contributed by atoms with Crippen molar-refractivity contribution in [3.05, 3.63) is 53.3 Å². The first kappa shape index (κ1) is 15.2. The van der Waals surface area contributed by atoms with Gasteiger partial charge in [-0.2, -0.15) is 13.2 Å². The van der Waals surface area contributed by atoms with Crippen molar-refractivity contribution in [2.24, 2.45) is 5.73 Å². The Balaban J connectivity index is 2.22. The standard InChI is InChI=1S/C14H15F3N4/c1-21(9-11-5-3-2-4-10(11)8-18)13-19-7-6-12(20-13)14(15,16)17/h2-7H,8-9,18H2,1H3. The second-order valence-corrected chi connectivity index (χ2v) is 4.57. The van der Waals surface area contributed by atoms with E-state index in [1.54, 1.807) is 11.9 Å². The minimum atomic E-state index is -4.48. The monoisotopic (exact) mass is 296 g/mol. The fraction of sp³-hybridized carbons (Fsp3) is 0.286. The van der Waals surface area contributed by atoms with Crippen molar-refractivity contribution in [3.63, 3.8) is 0 Å². The average Bonchev–Trinajstić information content (AvgIpc) is 2.47. The average molecular weight is 296 g/mol. The molecule has 0 radical (unpaired) electrons. The van der Waals surface area contributed by atoms with E-state index in [9.17, 15) is 13.2 Å². The van der Waals surface area contributed by atoms with Crippen LogP contribution in [-0.4, -0.2) is 17.0 Å². The summed E-state index contributed by atoms with van der Waals surface area (Å²) < 4.78 is 38.0. The molecule has 7 heteroatoms.